The molecule has 0 unspecified atom stereocenters. The van der Waals surface area contributed by atoms with Crippen molar-refractivity contribution in [3.63, 3.8) is 0 Å². The van der Waals surface area contributed by atoms with Crippen molar-refractivity contribution in [3.05, 3.63) is 48.0 Å². The first-order chi connectivity index (χ1) is 12.4. The van der Waals surface area contributed by atoms with E-state index >= 15 is 0 Å². The Labute approximate surface area is 150 Å². The summed E-state index contributed by atoms with van der Waals surface area (Å²) >= 11 is 0. The molecule has 1 aromatic heterocycles. The van der Waals surface area contributed by atoms with Gasteiger partial charge in [-0.2, -0.15) is 0 Å². The summed E-state index contributed by atoms with van der Waals surface area (Å²) in [6.07, 6.45) is 2.02. The highest BCUT2D eigenvalue weighted by Crippen LogP contribution is 2.23. The summed E-state index contributed by atoms with van der Waals surface area (Å²) in [4.78, 5) is 11.9. The lowest BCUT2D eigenvalue weighted by atomic mass is 10.3. The van der Waals surface area contributed by atoms with E-state index in [4.69, 9.17) is 13.9 Å². The molecule has 1 N–H and O–H groups in total. The van der Waals surface area contributed by atoms with Crippen LogP contribution in [0.1, 0.15) is 29.8 Å². The molecule has 26 heavy (non-hydrogen) atoms. The average Bonchev–Trinajstić information content (AvgIpc) is 3.25. The highest BCUT2D eigenvalue weighted by Gasteiger charge is 2.30. The van der Waals surface area contributed by atoms with Crippen LogP contribution in [0.15, 0.2) is 45.9 Å². The third-order valence-electron chi connectivity index (χ3n) is 3.55. The minimum absolute atomic E-state index is 0.0541. The van der Waals surface area contributed by atoms with Gasteiger partial charge in [0.05, 0.1) is 13.2 Å². The predicted molar refractivity (Wildman–Crippen MR) is 88.8 cm³/mol. The van der Waals surface area contributed by atoms with E-state index in [0.29, 0.717) is 12.2 Å². The number of esters is 1. The summed E-state index contributed by atoms with van der Waals surface area (Å²) in [5.41, 5.74) is 0. The van der Waals surface area contributed by atoms with Gasteiger partial charge in [-0.1, -0.05) is 0 Å². The number of hydrogen-bond donors (Lipinski definition) is 1. The Kier molecular flexibility index (Phi) is 5.58. The number of carbonyl (C=O) groups excluding carboxylic acids is 1. The SMILES string of the molecule is O=C(OCCCOc1ccc(F)cc1)c1ccc(S(=O)(=O)NC2CC2)o1. The van der Waals surface area contributed by atoms with Crippen molar-refractivity contribution in [2.24, 2.45) is 0 Å². The van der Waals surface area contributed by atoms with Crippen molar-refractivity contribution < 1.29 is 31.5 Å². The molecule has 3 rings (SSSR count). The molecule has 140 valence electrons. The number of benzene rings is 1. The summed E-state index contributed by atoms with van der Waals surface area (Å²) in [6, 6.07) is 8.01. The maximum Gasteiger partial charge on any atom is 0.374 e. The van der Waals surface area contributed by atoms with Gasteiger partial charge in [0.2, 0.25) is 10.9 Å². The van der Waals surface area contributed by atoms with E-state index in [1.54, 1.807) is 0 Å². The van der Waals surface area contributed by atoms with Gasteiger partial charge < -0.3 is 13.9 Å². The van der Waals surface area contributed by atoms with Crippen LogP contribution in [-0.2, 0) is 14.8 Å². The second-order valence-electron chi connectivity index (χ2n) is 5.81. The van der Waals surface area contributed by atoms with Gasteiger partial charge in [-0.25, -0.2) is 22.3 Å². The molecule has 0 spiro atoms. The fraction of sp³-hybridized carbons (Fsp3) is 0.353. The fourth-order valence-corrected chi connectivity index (χ4v) is 3.31. The van der Waals surface area contributed by atoms with E-state index in [1.165, 1.54) is 36.4 Å². The molecular formula is C17H18FNO6S. The third kappa shape index (κ3) is 5.06. The van der Waals surface area contributed by atoms with E-state index in [2.05, 4.69) is 4.72 Å². The van der Waals surface area contributed by atoms with E-state index in [1.807, 2.05) is 0 Å². The zero-order valence-corrected chi connectivity index (χ0v) is 14.6. The van der Waals surface area contributed by atoms with Crippen LogP contribution in [-0.4, -0.2) is 33.6 Å². The third-order valence-corrected chi connectivity index (χ3v) is 4.94. The molecule has 0 amide bonds. The van der Waals surface area contributed by atoms with Crippen LogP contribution in [0.4, 0.5) is 4.39 Å². The lowest BCUT2D eigenvalue weighted by Gasteiger charge is -2.06. The number of ether oxygens (including phenoxy) is 2. The Hall–Kier alpha value is -2.39. The van der Waals surface area contributed by atoms with E-state index in [0.717, 1.165) is 12.8 Å². The first-order valence-electron chi connectivity index (χ1n) is 8.12. The molecule has 1 aliphatic carbocycles. The molecule has 0 radical (unpaired) electrons. The molecule has 0 bridgehead atoms. The number of hydrogen-bond acceptors (Lipinski definition) is 6. The smallest absolute Gasteiger partial charge is 0.374 e. The van der Waals surface area contributed by atoms with Crippen LogP contribution in [0.2, 0.25) is 0 Å². The monoisotopic (exact) mass is 383 g/mol. The maximum absolute atomic E-state index is 12.8. The fourth-order valence-electron chi connectivity index (χ4n) is 2.07. The molecule has 1 saturated carbocycles. The van der Waals surface area contributed by atoms with Crippen molar-refractivity contribution in [1.82, 2.24) is 4.72 Å². The van der Waals surface area contributed by atoms with Crippen LogP contribution >= 0.6 is 0 Å². The number of halogens is 1. The largest absolute Gasteiger partial charge is 0.493 e. The molecule has 9 heteroatoms. The highest BCUT2D eigenvalue weighted by atomic mass is 32.2. The molecule has 1 aromatic carbocycles. The standard InChI is InChI=1S/C17H18FNO6S/c18-12-2-6-14(7-3-12)23-10-1-11-24-17(20)15-8-9-16(25-15)26(21,22)19-13-4-5-13/h2-3,6-9,13,19H,1,4-5,10-11H2. The van der Waals surface area contributed by atoms with E-state index < -0.39 is 16.0 Å². The first-order valence-corrected chi connectivity index (χ1v) is 9.60. The van der Waals surface area contributed by atoms with Gasteiger partial charge >= 0.3 is 5.97 Å². The van der Waals surface area contributed by atoms with Crippen molar-refractivity contribution in [3.8, 4) is 5.75 Å². The van der Waals surface area contributed by atoms with Gasteiger partial charge in [0.25, 0.3) is 10.0 Å². The predicted octanol–water partition coefficient (Wildman–Crippen LogP) is 2.49. The van der Waals surface area contributed by atoms with Gasteiger partial charge in [-0.3, -0.25) is 0 Å². The van der Waals surface area contributed by atoms with Gasteiger partial charge in [0.15, 0.2) is 0 Å². The molecule has 0 aliphatic heterocycles. The Bertz CT molecular complexity index is 858. The molecule has 2 aromatic rings. The second-order valence-corrected chi connectivity index (χ2v) is 7.45. The van der Waals surface area contributed by atoms with Crippen molar-refractivity contribution in [2.75, 3.05) is 13.2 Å². The van der Waals surface area contributed by atoms with Crippen LogP contribution in [0.25, 0.3) is 0 Å². The minimum atomic E-state index is -3.74. The molecule has 0 atom stereocenters. The summed E-state index contributed by atoms with van der Waals surface area (Å²) in [7, 11) is -3.74. The maximum atomic E-state index is 12.8. The van der Waals surface area contributed by atoms with Gasteiger partial charge in [0, 0.05) is 12.5 Å². The van der Waals surface area contributed by atoms with Crippen molar-refractivity contribution in [2.45, 2.75) is 30.4 Å². The molecule has 1 heterocycles. The summed E-state index contributed by atoms with van der Waals surface area (Å²) in [5.74, 6) is -0.763. The van der Waals surface area contributed by atoms with Crippen molar-refractivity contribution in [1.29, 1.82) is 0 Å². The molecule has 0 saturated heterocycles. The molecule has 1 aliphatic rings. The van der Waals surface area contributed by atoms with Crippen molar-refractivity contribution >= 4 is 16.0 Å². The Morgan fingerprint density at radius 3 is 2.58 bits per heavy atom. The average molecular weight is 383 g/mol. The van der Waals surface area contributed by atoms with Gasteiger partial charge in [0.1, 0.15) is 11.6 Å². The van der Waals surface area contributed by atoms with Crippen LogP contribution < -0.4 is 9.46 Å². The highest BCUT2D eigenvalue weighted by molar-refractivity contribution is 7.89. The Balaban J connectivity index is 1.41. The normalized spacial score (nSPS) is 14.2. The lowest BCUT2D eigenvalue weighted by Crippen LogP contribution is -2.25. The van der Waals surface area contributed by atoms with Crippen LogP contribution in [0.3, 0.4) is 0 Å². The Morgan fingerprint density at radius 1 is 1.15 bits per heavy atom. The lowest BCUT2D eigenvalue weighted by molar-refractivity contribution is 0.0444. The zero-order valence-electron chi connectivity index (χ0n) is 13.8. The zero-order chi connectivity index (χ0) is 18.6. The van der Waals surface area contributed by atoms with Crippen LogP contribution in [0, 0.1) is 5.82 Å². The van der Waals surface area contributed by atoms with E-state index in [9.17, 15) is 17.6 Å². The quantitative estimate of drug-likeness (QED) is 0.528. The van der Waals surface area contributed by atoms with Gasteiger partial charge in [-0.05, 0) is 49.2 Å². The first kappa shape index (κ1) is 18.4. The minimum Gasteiger partial charge on any atom is -0.493 e. The number of furan rings is 1. The molecule has 1 fully saturated rings. The summed E-state index contributed by atoms with van der Waals surface area (Å²) < 4.78 is 54.6. The topological polar surface area (TPSA) is 94.8 Å². The Morgan fingerprint density at radius 2 is 1.88 bits per heavy atom. The number of carbonyl (C=O) groups is 1. The summed E-state index contributed by atoms with van der Waals surface area (Å²) in [5, 5.41) is -0.309. The number of rotatable bonds is 9. The second kappa shape index (κ2) is 7.88. The number of sulfonamides is 1. The van der Waals surface area contributed by atoms with Crippen LogP contribution in [0.5, 0.6) is 5.75 Å². The van der Waals surface area contributed by atoms with Gasteiger partial charge in [-0.15, -0.1) is 0 Å². The van der Waals surface area contributed by atoms with E-state index in [-0.39, 0.29) is 35.9 Å². The molecule has 7 nitrogen and oxygen atoms in total. The molecular weight excluding hydrogens is 365 g/mol. The summed E-state index contributed by atoms with van der Waals surface area (Å²) in [6.45, 7) is 0.352. The number of nitrogens with one attached hydrogen (secondary N) is 1.